The van der Waals surface area contributed by atoms with E-state index in [2.05, 4.69) is 27.0 Å². The largest absolute Gasteiger partial charge is 0.385 e. The summed E-state index contributed by atoms with van der Waals surface area (Å²) in [6.45, 7) is 11.5. The van der Waals surface area contributed by atoms with Crippen molar-refractivity contribution in [2.45, 2.75) is 48.6 Å². The molecule has 0 fully saturated rings. The van der Waals surface area contributed by atoms with Crippen molar-refractivity contribution in [1.82, 2.24) is 14.6 Å². The summed E-state index contributed by atoms with van der Waals surface area (Å²) < 4.78 is 6.17. The Kier molecular flexibility index (Phi) is 17.3. The summed E-state index contributed by atoms with van der Waals surface area (Å²) in [5, 5.41) is 4.55. The zero-order valence-electron chi connectivity index (χ0n) is 18.5. The number of carbonyl (C=O) groups is 1. The van der Waals surface area contributed by atoms with Gasteiger partial charge in [-0.05, 0) is 12.5 Å². The first-order valence-electron chi connectivity index (χ1n) is 9.84. The van der Waals surface area contributed by atoms with Crippen LogP contribution in [0.25, 0.3) is 5.65 Å². The van der Waals surface area contributed by atoms with Crippen molar-refractivity contribution in [2.75, 3.05) is 25.7 Å². The second-order valence-electron chi connectivity index (χ2n) is 5.31. The highest BCUT2D eigenvalue weighted by Crippen LogP contribution is 2.22. The molecule has 0 aliphatic rings. The molecule has 0 atom stereocenters. The number of fused-ring (bicyclic) bond motifs is 1. The Labute approximate surface area is 186 Å². The normalized spacial score (nSPS) is 8.93. The molecule has 7 heteroatoms. The van der Waals surface area contributed by atoms with E-state index in [1.165, 1.54) is 11.8 Å². The number of anilines is 1. The van der Waals surface area contributed by atoms with E-state index in [0.29, 0.717) is 22.9 Å². The molecule has 0 amide bonds. The standard InChI is InChI=1S/C15H13ClN4O.C3H8O.2C2H6.CH4/c1-19(9-11-5-3-2-4-6-11)14-7-13(16)18-15-12(10-21)8-17-20(14)15;1-3-4-2;2*1-2;/h2-8,10H,9H2,1H3;3H2,1-2H3;2*1-2H3;1H4. The van der Waals surface area contributed by atoms with Crippen LogP contribution in [0.3, 0.4) is 0 Å². The van der Waals surface area contributed by atoms with Crippen LogP contribution in [0.4, 0.5) is 5.82 Å². The minimum Gasteiger partial charge on any atom is -0.385 e. The number of aldehydes is 1. The number of hydrogen-bond acceptors (Lipinski definition) is 5. The second kappa shape index (κ2) is 17.4. The van der Waals surface area contributed by atoms with E-state index in [1.807, 2.05) is 64.8 Å². The summed E-state index contributed by atoms with van der Waals surface area (Å²) in [6, 6.07) is 11.8. The highest BCUT2D eigenvalue weighted by molar-refractivity contribution is 6.29. The van der Waals surface area contributed by atoms with Gasteiger partial charge in [0.25, 0.3) is 0 Å². The van der Waals surface area contributed by atoms with Crippen molar-refractivity contribution >= 4 is 29.4 Å². The van der Waals surface area contributed by atoms with Gasteiger partial charge < -0.3 is 9.64 Å². The molecule has 0 aliphatic carbocycles. The van der Waals surface area contributed by atoms with Crippen LogP contribution in [0.5, 0.6) is 0 Å². The van der Waals surface area contributed by atoms with Gasteiger partial charge in [0, 0.05) is 33.4 Å². The van der Waals surface area contributed by atoms with E-state index in [1.54, 1.807) is 17.7 Å². The van der Waals surface area contributed by atoms with Gasteiger partial charge >= 0.3 is 0 Å². The highest BCUT2D eigenvalue weighted by atomic mass is 35.5. The summed E-state index contributed by atoms with van der Waals surface area (Å²) in [5.41, 5.74) is 2.06. The zero-order valence-corrected chi connectivity index (χ0v) is 19.3. The Hall–Kier alpha value is -2.44. The maximum Gasteiger partial charge on any atom is 0.169 e. The first kappa shape index (κ1) is 29.8. The third-order valence-corrected chi connectivity index (χ3v) is 3.71. The lowest BCUT2D eigenvalue weighted by Crippen LogP contribution is -2.20. The van der Waals surface area contributed by atoms with Gasteiger partial charge in [-0.2, -0.15) is 9.61 Å². The number of ether oxygens (including phenoxy) is 1. The predicted octanol–water partition coefficient (Wildman–Crippen LogP) is 6.17. The van der Waals surface area contributed by atoms with Crippen LogP contribution in [0.1, 0.15) is 58.0 Å². The lowest BCUT2D eigenvalue weighted by molar-refractivity contribution is 0.112. The average molecular weight is 437 g/mol. The Balaban J connectivity index is 0. The minimum absolute atomic E-state index is 0. The molecule has 1 aromatic carbocycles. The maximum atomic E-state index is 11.0. The molecule has 168 valence electrons. The Morgan fingerprint density at radius 1 is 1.17 bits per heavy atom. The quantitative estimate of drug-likeness (QED) is 0.353. The number of nitrogens with zero attached hydrogens (tertiary/aromatic N) is 4. The first-order chi connectivity index (χ1) is 14.1. The van der Waals surface area contributed by atoms with Gasteiger partial charge in [-0.15, -0.1) is 0 Å². The molecule has 0 N–H and O–H groups in total. The van der Waals surface area contributed by atoms with Crippen LogP contribution in [0.2, 0.25) is 5.15 Å². The van der Waals surface area contributed by atoms with E-state index in [0.717, 1.165) is 18.7 Å². The SMILES string of the molecule is C.CC.CC.CCOC.CN(Cc1ccccc1)c1cc(Cl)nc2c(C=O)cnn12. The summed E-state index contributed by atoms with van der Waals surface area (Å²) in [4.78, 5) is 17.2. The van der Waals surface area contributed by atoms with Crippen molar-refractivity contribution in [3.63, 3.8) is 0 Å². The molecule has 3 rings (SSSR count). The van der Waals surface area contributed by atoms with Gasteiger partial charge in [0.1, 0.15) is 11.0 Å². The van der Waals surface area contributed by atoms with Gasteiger partial charge in [-0.1, -0.05) is 77.1 Å². The molecule has 0 radical (unpaired) electrons. The first-order valence-corrected chi connectivity index (χ1v) is 10.2. The number of carbonyl (C=O) groups excluding carboxylic acids is 1. The summed E-state index contributed by atoms with van der Waals surface area (Å²) in [5.74, 6) is 0.780. The number of benzene rings is 1. The molecule has 0 aliphatic heterocycles. The van der Waals surface area contributed by atoms with Crippen molar-refractivity contribution in [1.29, 1.82) is 0 Å². The van der Waals surface area contributed by atoms with Crippen molar-refractivity contribution in [3.8, 4) is 0 Å². The molecule has 0 spiro atoms. The third kappa shape index (κ3) is 8.93. The van der Waals surface area contributed by atoms with Crippen LogP contribution in [-0.2, 0) is 11.3 Å². The maximum absolute atomic E-state index is 11.0. The van der Waals surface area contributed by atoms with Gasteiger partial charge in [0.05, 0.1) is 11.8 Å². The van der Waals surface area contributed by atoms with E-state index < -0.39 is 0 Å². The molecule has 6 nitrogen and oxygen atoms in total. The van der Waals surface area contributed by atoms with Crippen LogP contribution >= 0.6 is 11.6 Å². The van der Waals surface area contributed by atoms with E-state index >= 15 is 0 Å². The third-order valence-electron chi connectivity index (χ3n) is 3.52. The summed E-state index contributed by atoms with van der Waals surface area (Å²) in [6.07, 6.45) is 2.22. The minimum atomic E-state index is 0. The fraction of sp³-hybridized carbons (Fsp3) is 0.435. The van der Waals surface area contributed by atoms with Crippen molar-refractivity contribution < 1.29 is 9.53 Å². The molecule has 0 bridgehead atoms. The summed E-state index contributed by atoms with van der Waals surface area (Å²) >= 11 is 6.06. The Bertz CT molecular complexity index is 821. The van der Waals surface area contributed by atoms with Crippen molar-refractivity contribution in [2.24, 2.45) is 0 Å². The van der Waals surface area contributed by atoms with Gasteiger partial charge in [0.2, 0.25) is 0 Å². The van der Waals surface area contributed by atoms with E-state index in [4.69, 9.17) is 11.6 Å². The molecule has 2 heterocycles. The predicted molar refractivity (Wildman–Crippen MR) is 129 cm³/mol. The monoisotopic (exact) mass is 436 g/mol. The number of methoxy groups -OCH3 is 1. The second-order valence-corrected chi connectivity index (χ2v) is 5.70. The lowest BCUT2D eigenvalue weighted by Gasteiger charge is -2.20. The fourth-order valence-electron chi connectivity index (χ4n) is 2.23. The van der Waals surface area contributed by atoms with Gasteiger partial charge in [-0.25, -0.2) is 4.98 Å². The molecule has 0 saturated carbocycles. The lowest BCUT2D eigenvalue weighted by atomic mass is 10.2. The van der Waals surface area contributed by atoms with Crippen LogP contribution in [-0.4, -0.2) is 41.6 Å². The Morgan fingerprint density at radius 2 is 1.73 bits per heavy atom. The highest BCUT2D eigenvalue weighted by Gasteiger charge is 2.13. The fourth-order valence-corrected chi connectivity index (χ4v) is 2.41. The Morgan fingerprint density at radius 3 is 2.23 bits per heavy atom. The molecular formula is C23H37ClN4O2. The van der Waals surface area contributed by atoms with E-state index in [-0.39, 0.29) is 7.43 Å². The average Bonchev–Trinajstić information content (AvgIpc) is 3.19. The molecule has 3 aromatic rings. The molecule has 2 aromatic heterocycles. The van der Waals surface area contributed by atoms with Crippen molar-refractivity contribution in [3.05, 3.63) is 58.9 Å². The van der Waals surface area contributed by atoms with Crippen LogP contribution < -0.4 is 4.90 Å². The summed E-state index contributed by atoms with van der Waals surface area (Å²) in [7, 11) is 3.63. The number of rotatable bonds is 5. The zero-order chi connectivity index (χ0) is 22.2. The molecule has 30 heavy (non-hydrogen) atoms. The number of hydrogen-bond donors (Lipinski definition) is 0. The molecule has 0 unspecified atom stereocenters. The molecular weight excluding hydrogens is 400 g/mol. The number of halogens is 1. The van der Waals surface area contributed by atoms with Crippen LogP contribution in [0.15, 0.2) is 42.6 Å². The van der Waals surface area contributed by atoms with Gasteiger partial charge in [-0.3, -0.25) is 4.79 Å². The smallest absolute Gasteiger partial charge is 0.169 e. The van der Waals surface area contributed by atoms with Gasteiger partial charge in [0.15, 0.2) is 11.9 Å². The van der Waals surface area contributed by atoms with E-state index in [9.17, 15) is 4.79 Å². The van der Waals surface area contributed by atoms with Crippen LogP contribution in [0, 0.1) is 0 Å². The molecule has 0 saturated heterocycles. The number of aromatic nitrogens is 3. The topological polar surface area (TPSA) is 59.7 Å².